The SMILES string of the molecule is CCCN1CC2=C(C(=O)NC2c2cc(S(=O)(=O)Cl)ccc2OCC)N(C)C1Br. The average Bonchev–Trinajstić information content (AvgIpc) is 2.95. The minimum absolute atomic E-state index is 0.0242. The molecule has 28 heavy (non-hydrogen) atoms. The van der Waals surface area contributed by atoms with E-state index in [2.05, 4.69) is 33.1 Å². The third-order valence-corrected chi connectivity index (χ3v) is 7.42. The van der Waals surface area contributed by atoms with E-state index in [9.17, 15) is 13.2 Å². The van der Waals surface area contributed by atoms with E-state index in [0.29, 0.717) is 30.2 Å². The molecule has 0 aromatic heterocycles. The summed E-state index contributed by atoms with van der Waals surface area (Å²) in [6.45, 7) is 5.79. The van der Waals surface area contributed by atoms with Crippen LogP contribution >= 0.6 is 26.6 Å². The summed E-state index contributed by atoms with van der Waals surface area (Å²) in [5.74, 6) is 0.334. The number of carbonyl (C=O) groups is 1. The smallest absolute Gasteiger partial charge is 0.268 e. The predicted octanol–water partition coefficient (Wildman–Crippen LogP) is 2.77. The molecule has 3 rings (SSSR count). The van der Waals surface area contributed by atoms with Crippen LogP contribution in [0.2, 0.25) is 0 Å². The lowest BCUT2D eigenvalue weighted by atomic mass is 9.97. The Bertz CT molecular complexity index is 921. The summed E-state index contributed by atoms with van der Waals surface area (Å²) >= 11 is 3.65. The van der Waals surface area contributed by atoms with Crippen molar-refractivity contribution < 1.29 is 17.9 Å². The molecule has 1 N–H and O–H groups in total. The Labute approximate surface area is 178 Å². The first-order chi connectivity index (χ1) is 13.2. The van der Waals surface area contributed by atoms with Crippen LogP contribution < -0.4 is 10.1 Å². The number of alkyl halides is 1. The van der Waals surface area contributed by atoms with Crippen molar-refractivity contribution >= 4 is 41.6 Å². The highest BCUT2D eigenvalue weighted by Gasteiger charge is 2.42. The number of carbonyl (C=O) groups excluding carboxylic acids is 1. The van der Waals surface area contributed by atoms with Crippen LogP contribution in [0.3, 0.4) is 0 Å². The van der Waals surface area contributed by atoms with Gasteiger partial charge in [0.05, 0.1) is 17.5 Å². The minimum Gasteiger partial charge on any atom is -0.494 e. The highest BCUT2D eigenvalue weighted by molar-refractivity contribution is 9.09. The van der Waals surface area contributed by atoms with Gasteiger partial charge in [-0.3, -0.25) is 9.69 Å². The van der Waals surface area contributed by atoms with Crippen molar-refractivity contribution in [2.24, 2.45) is 0 Å². The Morgan fingerprint density at radius 3 is 2.68 bits per heavy atom. The average molecular weight is 493 g/mol. The normalized spacial score (nSPS) is 23.0. The molecule has 0 fully saturated rings. The van der Waals surface area contributed by atoms with Gasteiger partial charge in [0.2, 0.25) is 0 Å². The second-order valence-electron chi connectivity index (χ2n) is 6.74. The number of hydrogen-bond acceptors (Lipinski definition) is 6. The van der Waals surface area contributed by atoms with Gasteiger partial charge in [-0.15, -0.1) is 0 Å². The lowest BCUT2D eigenvalue weighted by Crippen LogP contribution is -2.48. The van der Waals surface area contributed by atoms with Gasteiger partial charge in [0, 0.05) is 36.4 Å². The quantitative estimate of drug-likeness (QED) is 0.374. The van der Waals surface area contributed by atoms with E-state index in [1.807, 2.05) is 18.9 Å². The zero-order valence-electron chi connectivity index (χ0n) is 15.9. The van der Waals surface area contributed by atoms with Crippen LogP contribution in [0, 0.1) is 0 Å². The molecular weight excluding hydrogens is 470 g/mol. The van der Waals surface area contributed by atoms with Crippen molar-refractivity contribution in [3.8, 4) is 5.75 Å². The number of benzene rings is 1. The number of nitrogens with one attached hydrogen (secondary N) is 1. The molecule has 0 saturated heterocycles. The zero-order chi connectivity index (χ0) is 20.6. The van der Waals surface area contributed by atoms with E-state index >= 15 is 0 Å². The number of nitrogens with zero attached hydrogens (tertiary/aromatic N) is 2. The van der Waals surface area contributed by atoms with Gasteiger partial charge in [0.1, 0.15) is 16.5 Å². The molecule has 0 saturated carbocycles. The number of ether oxygens (including phenoxy) is 1. The minimum atomic E-state index is -3.91. The first-order valence-corrected chi connectivity index (χ1v) is 12.3. The number of likely N-dealkylation sites (N-methyl/N-ethyl adjacent to an activating group) is 1. The van der Waals surface area contributed by atoms with Crippen LogP contribution in [0.4, 0.5) is 0 Å². The van der Waals surface area contributed by atoms with Crippen LogP contribution in [0.15, 0.2) is 34.4 Å². The van der Waals surface area contributed by atoms with Crippen molar-refractivity contribution in [2.75, 3.05) is 26.7 Å². The summed E-state index contributed by atoms with van der Waals surface area (Å²) in [6.07, 6.45) is 0.967. The highest BCUT2D eigenvalue weighted by Crippen LogP contribution is 2.41. The molecule has 1 amide bonds. The summed E-state index contributed by atoms with van der Waals surface area (Å²) in [5.41, 5.74) is 2.07. The fraction of sp³-hybridized carbons (Fsp3) is 0.500. The van der Waals surface area contributed by atoms with Gasteiger partial charge >= 0.3 is 0 Å². The van der Waals surface area contributed by atoms with Crippen LogP contribution in [0.1, 0.15) is 31.9 Å². The van der Waals surface area contributed by atoms with Crippen molar-refractivity contribution in [1.82, 2.24) is 15.1 Å². The summed E-state index contributed by atoms with van der Waals surface area (Å²) in [4.78, 5) is 16.8. The molecule has 0 radical (unpaired) electrons. The van der Waals surface area contributed by atoms with Crippen molar-refractivity contribution in [1.29, 1.82) is 0 Å². The third-order valence-electron chi connectivity index (χ3n) is 4.87. The molecule has 1 aromatic rings. The van der Waals surface area contributed by atoms with Crippen molar-refractivity contribution in [3.63, 3.8) is 0 Å². The molecule has 2 heterocycles. The first kappa shape index (κ1) is 21.4. The van der Waals surface area contributed by atoms with Gasteiger partial charge in [0.15, 0.2) is 0 Å². The Balaban J connectivity index is 2.11. The molecular formula is C18H23BrClN3O4S. The number of halogens is 2. The van der Waals surface area contributed by atoms with Crippen LogP contribution in [-0.2, 0) is 13.8 Å². The monoisotopic (exact) mass is 491 g/mol. The molecule has 0 bridgehead atoms. The number of hydrogen-bond donors (Lipinski definition) is 1. The molecule has 2 aliphatic heterocycles. The van der Waals surface area contributed by atoms with E-state index in [4.69, 9.17) is 15.4 Å². The van der Waals surface area contributed by atoms with Crippen LogP contribution in [0.25, 0.3) is 0 Å². The predicted molar refractivity (Wildman–Crippen MR) is 111 cm³/mol. The van der Waals surface area contributed by atoms with Gasteiger partial charge in [-0.25, -0.2) is 8.42 Å². The largest absolute Gasteiger partial charge is 0.494 e. The summed E-state index contributed by atoms with van der Waals surface area (Å²) in [6, 6.07) is 4.00. The summed E-state index contributed by atoms with van der Waals surface area (Å²) in [7, 11) is 3.50. The van der Waals surface area contributed by atoms with Gasteiger partial charge in [-0.2, -0.15) is 0 Å². The molecule has 2 atom stereocenters. The molecule has 2 aliphatic rings. The zero-order valence-corrected chi connectivity index (χ0v) is 19.1. The Morgan fingerprint density at radius 1 is 1.36 bits per heavy atom. The van der Waals surface area contributed by atoms with Gasteiger partial charge in [-0.1, -0.05) is 6.92 Å². The fourth-order valence-electron chi connectivity index (χ4n) is 3.70. The second-order valence-corrected chi connectivity index (χ2v) is 10.1. The standard InChI is InChI=1S/C18H23BrClN3O4S/c1-4-8-23-10-13-15(21-17(24)16(13)22(3)18(23)19)12-9-11(28(20,25)26)6-7-14(12)27-5-2/h6-7,9,15,18H,4-5,8,10H2,1-3H3,(H,21,24). The summed E-state index contributed by atoms with van der Waals surface area (Å²) < 4.78 is 29.4. The van der Waals surface area contributed by atoms with Gasteiger partial charge in [-0.05, 0) is 53.0 Å². The maximum Gasteiger partial charge on any atom is 0.268 e. The van der Waals surface area contributed by atoms with E-state index in [1.165, 1.54) is 12.1 Å². The third kappa shape index (κ3) is 3.90. The maximum atomic E-state index is 12.7. The Kier molecular flexibility index (Phi) is 6.29. The van der Waals surface area contributed by atoms with Crippen LogP contribution in [0.5, 0.6) is 5.75 Å². The van der Waals surface area contributed by atoms with E-state index < -0.39 is 15.1 Å². The van der Waals surface area contributed by atoms with Crippen molar-refractivity contribution in [2.45, 2.75) is 36.3 Å². The Hall–Kier alpha value is -1.29. The van der Waals surface area contributed by atoms with Crippen molar-refractivity contribution in [3.05, 3.63) is 35.0 Å². The number of rotatable bonds is 6. The van der Waals surface area contributed by atoms with Gasteiger partial charge in [0.25, 0.3) is 15.0 Å². The molecule has 0 spiro atoms. The molecule has 154 valence electrons. The Morgan fingerprint density at radius 2 is 2.07 bits per heavy atom. The molecule has 7 nitrogen and oxygen atoms in total. The lowest BCUT2D eigenvalue weighted by molar-refractivity contribution is -0.118. The van der Waals surface area contributed by atoms with Gasteiger partial charge < -0.3 is 15.0 Å². The van der Waals surface area contributed by atoms with E-state index in [-0.39, 0.29) is 15.9 Å². The summed E-state index contributed by atoms with van der Waals surface area (Å²) in [5, 5.41) is 2.90. The second kappa shape index (κ2) is 8.22. The fourth-order valence-corrected chi connectivity index (χ4v) is 5.04. The molecule has 1 aromatic carbocycles. The number of amides is 1. The van der Waals surface area contributed by atoms with Crippen LogP contribution in [-0.4, -0.2) is 55.9 Å². The molecule has 2 unspecified atom stereocenters. The molecule has 10 heteroatoms. The molecule has 0 aliphatic carbocycles. The maximum absolute atomic E-state index is 12.7. The topological polar surface area (TPSA) is 79.0 Å². The van der Waals surface area contributed by atoms with E-state index in [0.717, 1.165) is 18.5 Å². The lowest BCUT2D eigenvalue weighted by Gasteiger charge is -2.40. The highest BCUT2D eigenvalue weighted by atomic mass is 79.9. The first-order valence-electron chi connectivity index (χ1n) is 9.05. The van der Waals surface area contributed by atoms with E-state index in [1.54, 1.807) is 6.07 Å².